The van der Waals surface area contributed by atoms with Gasteiger partial charge < -0.3 is 10.1 Å². The van der Waals surface area contributed by atoms with Gasteiger partial charge in [-0.1, -0.05) is 0 Å². The molecule has 0 bridgehead atoms. The van der Waals surface area contributed by atoms with Crippen LogP contribution < -0.4 is 10.1 Å². The van der Waals surface area contributed by atoms with E-state index in [0.717, 1.165) is 38.2 Å². The van der Waals surface area contributed by atoms with Crippen LogP contribution in [0, 0.1) is 10.1 Å². The highest BCUT2D eigenvalue weighted by molar-refractivity contribution is 5.85. The van der Waals surface area contributed by atoms with E-state index >= 15 is 0 Å². The molecule has 6 nitrogen and oxygen atoms in total. The molecule has 1 aromatic carbocycles. The van der Waals surface area contributed by atoms with Crippen molar-refractivity contribution in [2.24, 2.45) is 0 Å². The minimum atomic E-state index is -0.368. The highest BCUT2D eigenvalue weighted by atomic mass is 35.5. The van der Waals surface area contributed by atoms with E-state index in [2.05, 4.69) is 10.2 Å². The predicted octanol–water partition coefficient (Wildman–Crippen LogP) is 1.82. The quantitative estimate of drug-likeness (QED) is 0.679. The molecular formula is C13H20ClN3O3. The average molecular weight is 302 g/mol. The third-order valence-electron chi connectivity index (χ3n) is 3.30. The summed E-state index contributed by atoms with van der Waals surface area (Å²) in [5, 5.41) is 14.2. The van der Waals surface area contributed by atoms with Gasteiger partial charge in [0.25, 0.3) is 5.69 Å². The summed E-state index contributed by atoms with van der Waals surface area (Å²) in [6.45, 7) is 4.62. The summed E-state index contributed by atoms with van der Waals surface area (Å²) in [5.41, 5.74) is 0.988. The van der Waals surface area contributed by atoms with Crippen LogP contribution in [-0.2, 0) is 6.54 Å². The van der Waals surface area contributed by atoms with Crippen molar-refractivity contribution in [1.82, 2.24) is 10.2 Å². The zero-order valence-corrected chi connectivity index (χ0v) is 12.3. The monoisotopic (exact) mass is 301 g/mol. The normalized spacial score (nSPS) is 16.1. The molecular weight excluding hydrogens is 282 g/mol. The highest BCUT2D eigenvalue weighted by Crippen LogP contribution is 2.25. The lowest BCUT2D eigenvalue weighted by molar-refractivity contribution is -0.384. The Morgan fingerprint density at radius 1 is 1.40 bits per heavy atom. The third kappa shape index (κ3) is 4.33. The Morgan fingerprint density at radius 3 is 2.90 bits per heavy atom. The summed E-state index contributed by atoms with van der Waals surface area (Å²) in [4.78, 5) is 12.8. The van der Waals surface area contributed by atoms with Gasteiger partial charge in [-0.05, 0) is 25.6 Å². The molecule has 0 saturated carbocycles. The second-order valence-corrected chi connectivity index (χ2v) is 4.63. The van der Waals surface area contributed by atoms with Crippen molar-refractivity contribution in [2.75, 3.05) is 33.3 Å². The van der Waals surface area contributed by atoms with E-state index in [0.29, 0.717) is 12.3 Å². The Labute approximate surface area is 124 Å². The van der Waals surface area contributed by atoms with Crippen LogP contribution in [0.1, 0.15) is 12.0 Å². The maximum atomic E-state index is 10.8. The number of methoxy groups -OCH3 is 1. The summed E-state index contributed by atoms with van der Waals surface area (Å²) in [6.07, 6.45) is 1.09. The van der Waals surface area contributed by atoms with Gasteiger partial charge >= 0.3 is 0 Å². The first-order valence-electron chi connectivity index (χ1n) is 6.45. The minimum Gasteiger partial charge on any atom is -0.496 e. The summed E-state index contributed by atoms with van der Waals surface area (Å²) < 4.78 is 5.29. The summed E-state index contributed by atoms with van der Waals surface area (Å²) in [6, 6.07) is 4.76. The Bertz CT molecular complexity index is 448. The molecule has 112 valence electrons. The van der Waals surface area contributed by atoms with Gasteiger partial charge in [0.2, 0.25) is 0 Å². The van der Waals surface area contributed by atoms with Crippen molar-refractivity contribution >= 4 is 18.1 Å². The van der Waals surface area contributed by atoms with E-state index in [1.54, 1.807) is 19.2 Å². The Kier molecular flexibility index (Phi) is 6.70. The summed E-state index contributed by atoms with van der Waals surface area (Å²) >= 11 is 0. The van der Waals surface area contributed by atoms with Crippen molar-refractivity contribution in [1.29, 1.82) is 0 Å². The molecule has 1 aliphatic rings. The van der Waals surface area contributed by atoms with Gasteiger partial charge in [-0.25, -0.2) is 0 Å². The molecule has 0 aromatic heterocycles. The number of benzene rings is 1. The van der Waals surface area contributed by atoms with E-state index in [4.69, 9.17) is 4.74 Å². The minimum absolute atomic E-state index is 0. The van der Waals surface area contributed by atoms with Crippen molar-refractivity contribution in [2.45, 2.75) is 13.0 Å². The number of nitro groups is 1. The standard InChI is InChI=1S/C13H19N3O3.ClH/c1-19-13-4-3-12(16(17)18)9-11(13)10-15-7-2-5-14-6-8-15;/h3-4,9,14H,2,5-8,10H2,1H3;1H. The lowest BCUT2D eigenvalue weighted by Crippen LogP contribution is -2.27. The van der Waals surface area contributed by atoms with Crippen molar-refractivity contribution in [3.8, 4) is 5.75 Å². The molecule has 7 heteroatoms. The summed E-state index contributed by atoms with van der Waals surface area (Å²) in [7, 11) is 1.59. The van der Waals surface area contributed by atoms with Crippen molar-refractivity contribution in [3.63, 3.8) is 0 Å². The number of nitrogens with zero attached hydrogens (tertiary/aromatic N) is 2. The average Bonchev–Trinajstić information content (AvgIpc) is 2.67. The van der Waals surface area contributed by atoms with Crippen LogP contribution in [0.15, 0.2) is 18.2 Å². The lowest BCUT2D eigenvalue weighted by Gasteiger charge is -2.20. The number of rotatable bonds is 4. The zero-order chi connectivity index (χ0) is 13.7. The van der Waals surface area contributed by atoms with E-state index in [-0.39, 0.29) is 23.0 Å². The van der Waals surface area contributed by atoms with E-state index in [1.165, 1.54) is 6.07 Å². The van der Waals surface area contributed by atoms with E-state index in [1.807, 2.05) is 0 Å². The van der Waals surface area contributed by atoms with Gasteiger partial charge in [0.15, 0.2) is 0 Å². The van der Waals surface area contributed by atoms with Crippen LogP contribution in [0.2, 0.25) is 0 Å². The van der Waals surface area contributed by atoms with Gasteiger partial charge in [-0.3, -0.25) is 15.0 Å². The Balaban J connectivity index is 0.00000200. The fraction of sp³-hybridized carbons (Fsp3) is 0.538. The fourth-order valence-corrected chi connectivity index (χ4v) is 2.30. The molecule has 2 rings (SSSR count). The molecule has 1 aromatic rings. The molecule has 1 fully saturated rings. The van der Waals surface area contributed by atoms with Gasteiger partial charge in [-0.2, -0.15) is 0 Å². The topological polar surface area (TPSA) is 67.6 Å². The van der Waals surface area contributed by atoms with Gasteiger partial charge in [0.05, 0.1) is 12.0 Å². The first kappa shape index (κ1) is 16.7. The molecule has 1 N–H and O–H groups in total. The number of ether oxygens (including phenoxy) is 1. The van der Waals surface area contributed by atoms with Gasteiger partial charge in [0.1, 0.15) is 5.75 Å². The highest BCUT2D eigenvalue weighted by Gasteiger charge is 2.15. The molecule has 1 heterocycles. The molecule has 0 aliphatic carbocycles. The van der Waals surface area contributed by atoms with Crippen LogP contribution in [-0.4, -0.2) is 43.1 Å². The summed E-state index contributed by atoms with van der Waals surface area (Å²) in [5.74, 6) is 0.711. The Morgan fingerprint density at radius 2 is 2.20 bits per heavy atom. The first-order valence-corrected chi connectivity index (χ1v) is 6.45. The predicted molar refractivity (Wildman–Crippen MR) is 79.7 cm³/mol. The van der Waals surface area contributed by atoms with E-state index < -0.39 is 0 Å². The number of halogens is 1. The number of hydrogen-bond donors (Lipinski definition) is 1. The lowest BCUT2D eigenvalue weighted by atomic mass is 10.1. The third-order valence-corrected chi connectivity index (χ3v) is 3.30. The second-order valence-electron chi connectivity index (χ2n) is 4.63. The molecule has 0 unspecified atom stereocenters. The molecule has 0 atom stereocenters. The molecule has 20 heavy (non-hydrogen) atoms. The van der Waals surface area contributed by atoms with Crippen LogP contribution in [0.4, 0.5) is 5.69 Å². The van der Waals surface area contributed by atoms with Crippen molar-refractivity contribution < 1.29 is 9.66 Å². The number of nitro benzene ring substituents is 1. The van der Waals surface area contributed by atoms with Gasteiger partial charge in [0, 0.05) is 37.3 Å². The van der Waals surface area contributed by atoms with Crippen LogP contribution >= 0.6 is 12.4 Å². The largest absolute Gasteiger partial charge is 0.496 e. The molecule has 1 saturated heterocycles. The fourth-order valence-electron chi connectivity index (χ4n) is 2.30. The number of nitrogens with one attached hydrogen (secondary N) is 1. The SMILES string of the molecule is COc1ccc([N+](=O)[O-])cc1CN1CCCNCC1.Cl. The van der Waals surface area contributed by atoms with Gasteiger partial charge in [-0.15, -0.1) is 12.4 Å². The van der Waals surface area contributed by atoms with Crippen LogP contribution in [0.3, 0.4) is 0 Å². The Hall–Kier alpha value is -1.37. The molecule has 0 radical (unpaired) electrons. The zero-order valence-electron chi connectivity index (χ0n) is 11.5. The molecule has 0 spiro atoms. The second kappa shape index (κ2) is 8.04. The van der Waals surface area contributed by atoms with Crippen LogP contribution in [0.25, 0.3) is 0 Å². The smallest absolute Gasteiger partial charge is 0.270 e. The number of hydrogen-bond acceptors (Lipinski definition) is 5. The maximum Gasteiger partial charge on any atom is 0.270 e. The first-order chi connectivity index (χ1) is 9.20. The van der Waals surface area contributed by atoms with E-state index in [9.17, 15) is 10.1 Å². The van der Waals surface area contributed by atoms with Crippen LogP contribution in [0.5, 0.6) is 5.75 Å². The van der Waals surface area contributed by atoms with Crippen molar-refractivity contribution in [3.05, 3.63) is 33.9 Å². The maximum absolute atomic E-state index is 10.8. The number of non-ortho nitro benzene ring substituents is 1. The molecule has 0 amide bonds. The molecule has 1 aliphatic heterocycles.